The van der Waals surface area contributed by atoms with Crippen LogP contribution in [-0.2, 0) is 10.0 Å². The number of anilines is 1. The molecule has 0 amide bonds. The van der Waals surface area contributed by atoms with E-state index < -0.39 is 10.0 Å². The van der Waals surface area contributed by atoms with E-state index in [1.807, 2.05) is 0 Å². The Bertz CT molecular complexity index is 678. The van der Waals surface area contributed by atoms with Gasteiger partial charge in [0.15, 0.2) is 0 Å². The van der Waals surface area contributed by atoms with Crippen molar-refractivity contribution in [2.24, 2.45) is 0 Å². The van der Waals surface area contributed by atoms with Crippen LogP contribution in [0.15, 0.2) is 34.5 Å². The number of sulfonamides is 1. The van der Waals surface area contributed by atoms with E-state index in [1.54, 1.807) is 24.3 Å². The fraction of sp³-hybridized carbons (Fsp3) is 0.0909. The fourth-order valence-corrected chi connectivity index (χ4v) is 4.28. The van der Waals surface area contributed by atoms with Gasteiger partial charge in [-0.25, -0.2) is 8.42 Å². The summed E-state index contributed by atoms with van der Waals surface area (Å²) in [5.74, 6) is 0.558. The normalized spacial score (nSPS) is 11.3. The molecule has 0 spiro atoms. The van der Waals surface area contributed by atoms with Crippen molar-refractivity contribution in [3.63, 3.8) is 0 Å². The maximum Gasteiger partial charge on any atom is 0.271 e. The molecule has 0 saturated heterocycles. The Balaban J connectivity index is 2.30. The molecule has 1 aromatic carbocycles. The van der Waals surface area contributed by atoms with Gasteiger partial charge in [-0.3, -0.25) is 4.72 Å². The molecule has 0 aliphatic carbocycles. The Kier molecular flexibility index (Phi) is 4.25. The highest BCUT2D eigenvalue weighted by Crippen LogP contribution is 2.35. The lowest BCUT2D eigenvalue weighted by molar-refractivity contribution is 0.415. The summed E-state index contributed by atoms with van der Waals surface area (Å²) in [4.78, 5) is 0. The predicted molar refractivity (Wildman–Crippen MR) is 78.1 cm³/mol. The van der Waals surface area contributed by atoms with Gasteiger partial charge in [-0.05, 0) is 18.2 Å². The van der Waals surface area contributed by atoms with Gasteiger partial charge in [0.1, 0.15) is 14.3 Å². The lowest BCUT2D eigenvalue weighted by Crippen LogP contribution is -2.11. The largest absolute Gasteiger partial charge is 0.497 e. The number of hydrogen-bond acceptors (Lipinski definition) is 4. The number of hydrogen-bond donors (Lipinski definition) is 1. The number of ether oxygens (including phenoxy) is 1. The predicted octanol–water partition coefficient (Wildman–Crippen LogP) is 3.86. The first-order valence-electron chi connectivity index (χ1n) is 5.04. The molecule has 1 aromatic heterocycles. The molecular formula is C11H9Cl2NO3S2. The summed E-state index contributed by atoms with van der Waals surface area (Å²) in [6.45, 7) is 0. The summed E-state index contributed by atoms with van der Waals surface area (Å²) in [6.07, 6.45) is 0. The molecule has 0 aliphatic heterocycles. The molecule has 0 saturated carbocycles. The molecule has 2 aromatic rings. The van der Waals surface area contributed by atoms with E-state index in [4.69, 9.17) is 27.9 Å². The molecular weight excluding hydrogens is 329 g/mol. The zero-order valence-electron chi connectivity index (χ0n) is 9.68. The quantitative estimate of drug-likeness (QED) is 0.921. The van der Waals surface area contributed by atoms with Gasteiger partial charge in [0.2, 0.25) is 0 Å². The van der Waals surface area contributed by atoms with Crippen molar-refractivity contribution in [1.82, 2.24) is 0 Å². The number of thiophene rings is 1. The number of nitrogens with one attached hydrogen (secondary N) is 1. The SMILES string of the molecule is COc1cccc(NS(=O)(=O)c2cc(Cl)c(Cl)s2)c1. The number of halogens is 2. The number of benzene rings is 1. The van der Waals surface area contributed by atoms with Crippen LogP contribution in [0, 0.1) is 0 Å². The standard InChI is InChI=1S/C11H9Cl2NO3S2/c1-17-8-4-2-3-7(5-8)14-19(15,16)10-6-9(12)11(13)18-10/h2-6,14H,1H3. The van der Waals surface area contributed by atoms with Crippen molar-refractivity contribution in [1.29, 1.82) is 0 Å². The molecule has 8 heteroatoms. The molecule has 19 heavy (non-hydrogen) atoms. The minimum Gasteiger partial charge on any atom is -0.497 e. The van der Waals surface area contributed by atoms with Crippen LogP contribution in [0.3, 0.4) is 0 Å². The fourth-order valence-electron chi connectivity index (χ4n) is 1.35. The first-order valence-corrected chi connectivity index (χ1v) is 8.09. The summed E-state index contributed by atoms with van der Waals surface area (Å²) in [5.41, 5.74) is 0.403. The van der Waals surface area contributed by atoms with Crippen LogP contribution in [0.4, 0.5) is 5.69 Å². The van der Waals surface area contributed by atoms with Crippen LogP contribution >= 0.6 is 34.5 Å². The van der Waals surface area contributed by atoms with Crippen LogP contribution in [0.25, 0.3) is 0 Å². The van der Waals surface area contributed by atoms with Crippen LogP contribution in [-0.4, -0.2) is 15.5 Å². The highest BCUT2D eigenvalue weighted by molar-refractivity contribution is 7.94. The maximum atomic E-state index is 12.1. The van der Waals surface area contributed by atoms with Crippen molar-refractivity contribution in [2.75, 3.05) is 11.8 Å². The highest BCUT2D eigenvalue weighted by atomic mass is 35.5. The van der Waals surface area contributed by atoms with E-state index in [0.29, 0.717) is 11.4 Å². The van der Waals surface area contributed by atoms with Gasteiger partial charge in [0.05, 0.1) is 17.8 Å². The van der Waals surface area contributed by atoms with Crippen LogP contribution in [0.5, 0.6) is 5.75 Å². The Morgan fingerprint density at radius 3 is 2.58 bits per heavy atom. The van der Waals surface area contributed by atoms with E-state index in [0.717, 1.165) is 11.3 Å². The number of methoxy groups -OCH3 is 1. The molecule has 0 bridgehead atoms. The second kappa shape index (κ2) is 5.58. The maximum absolute atomic E-state index is 12.1. The molecule has 1 N–H and O–H groups in total. The molecule has 102 valence electrons. The Hall–Kier alpha value is -0.950. The third kappa shape index (κ3) is 3.33. The van der Waals surface area contributed by atoms with Gasteiger partial charge < -0.3 is 4.74 Å². The van der Waals surface area contributed by atoms with Crippen LogP contribution < -0.4 is 9.46 Å². The summed E-state index contributed by atoms with van der Waals surface area (Å²) in [6, 6.07) is 7.92. The molecule has 0 fully saturated rings. The van der Waals surface area contributed by atoms with Crippen molar-refractivity contribution >= 4 is 50.2 Å². The first kappa shape index (κ1) is 14.5. The highest BCUT2D eigenvalue weighted by Gasteiger charge is 2.19. The lowest BCUT2D eigenvalue weighted by Gasteiger charge is -2.07. The van der Waals surface area contributed by atoms with Crippen LogP contribution in [0.2, 0.25) is 9.36 Å². The van der Waals surface area contributed by atoms with Gasteiger partial charge in [-0.15, -0.1) is 11.3 Å². The van der Waals surface area contributed by atoms with Crippen molar-refractivity contribution in [2.45, 2.75) is 4.21 Å². The zero-order chi connectivity index (χ0) is 14.0. The monoisotopic (exact) mass is 337 g/mol. The molecule has 0 atom stereocenters. The smallest absolute Gasteiger partial charge is 0.271 e. The summed E-state index contributed by atoms with van der Waals surface area (Å²) >= 11 is 12.4. The average molecular weight is 338 g/mol. The Morgan fingerprint density at radius 2 is 2.00 bits per heavy atom. The van der Waals surface area contributed by atoms with E-state index >= 15 is 0 Å². The van der Waals surface area contributed by atoms with E-state index in [-0.39, 0.29) is 13.6 Å². The van der Waals surface area contributed by atoms with Gasteiger partial charge >= 0.3 is 0 Å². The van der Waals surface area contributed by atoms with Crippen LogP contribution in [0.1, 0.15) is 0 Å². The minimum atomic E-state index is -3.70. The second-order valence-electron chi connectivity index (χ2n) is 3.52. The molecule has 4 nitrogen and oxygen atoms in total. The summed E-state index contributed by atoms with van der Waals surface area (Å²) < 4.78 is 32.0. The van der Waals surface area contributed by atoms with Gasteiger partial charge in [0.25, 0.3) is 10.0 Å². The third-order valence-electron chi connectivity index (χ3n) is 2.21. The zero-order valence-corrected chi connectivity index (χ0v) is 12.8. The molecule has 0 unspecified atom stereocenters. The van der Waals surface area contributed by atoms with E-state index in [9.17, 15) is 8.42 Å². The van der Waals surface area contributed by atoms with E-state index in [1.165, 1.54) is 13.2 Å². The second-order valence-corrected chi connectivity index (χ2v) is 7.50. The molecule has 1 heterocycles. The molecule has 0 radical (unpaired) electrons. The number of rotatable bonds is 4. The molecule has 2 rings (SSSR count). The van der Waals surface area contributed by atoms with E-state index in [2.05, 4.69) is 4.72 Å². The summed E-state index contributed by atoms with van der Waals surface area (Å²) in [5, 5.41) is 0.220. The van der Waals surface area contributed by atoms with Gasteiger partial charge in [0, 0.05) is 6.07 Å². The van der Waals surface area contributed by atoms with Gasteiger partial charge in [-0.2, -0.15) is 0 Å². The Morgan fingerprint density at radius 1 is 1.26 bits per heavy atom. The Labute approximate surface area is 125 Å². The van der Waals surface area contributed by atoms with Crippen molar-refractivity contribution in [3.8, 4) is 5.75 Å². The first-order chi connectivity index (χ1) is 8.92. The average Bonchev–Trinajstić information content (AvgIpc) is 2.70. The molecule has 0 aliphatic rings. The minimum absolute atomic E-state index is 0.0605. The van der Waals surface area contributed by atoms with Gasteiger partial charge in [-0.1, -0.05) is 29.3 Å². The summed E-state index contributed by atoms with van der Waals surface area (Å²) in [7, 11) is -2.19. The topological polar surface area (TPSA) is 55.4 Å². The van der Waals surface area contributed by atoms with Crippen molar-refractivity contribution in [3.05, 3.63) is 39.7 Å². The third-order valence-corrected chi connectivity index (χ3v) is 5.93. The lowest BCUT2D eigenvalue weighted by atomic mass is 10.3. The van der Waals surface area contributed by atoms with Crippen molar-refractivity contribution < 1.29 is 13.2 Å².